The van der Waals surface area contributed by atoms with Crippen molar-refractivity contribution in [3.05, 3.63) is 11.9 Å². The number of aromatic nitrogens is 3. The van der Waals surface area contributed by atoms with E-state index in [4.69, 9.17) is 16.3 Å². The average Bonchev–Trinajstić information content (AvgIpc) is 2.69. The molecule has 15 heavy (non-hydrogen) atoms. The van der Waals surface area contributed by atoms with Gasteiger partial charge in [-0.25, -0.2) is 0 Å². The minimum Gasteiger partial charge on any atom is -0.385 e. The molecular formula is C10H18ClN3O. The van der Waals surface area contributed by atoms with Crippen LogP contribution in [-0.2, 0) is 17.7 Å². The maximum absolute atomic E-state index is 5.61. The predicted octanol–water partition coefficient (Wildman–Crippen LogP) is 1.88. The van der Waals surface area contributed by atoms with E-state index in [2.05, 4.69) is 10.3 Å². The molecule has 0 aliphatic rings. The summed E-state index contributed by atoms with van der Waals surface area (Å²) in [5.41, 5.74) is 1.03. The fraction of sp³-hybridized carbons (Fsp3) is 0.800. The summed E-state index contributed by atoms with van der Waals surface area (Å²) in [5, 5.41) is 8.13. The Morgan fingerprint density at radius 3 is 3.00 bits per heavy atom. The summed E-state index contributed by atoms with van der Waals surface area (Å²) in [4.78, 5) is 0. The van der Waals surface area contributed by atoms with Gasteiger partial charge in [-0.15, -0.1) is 16.7 Å². The van der Waals surface area contributed by atoms with Gasteiger partial charge in [0.15, 0.2) is 0 Å². The van der Waals surface area contributed by atoms with Crippen LogP contribution in [0.4, 0.5) is 0 Å². The number of hydrogen-bond acceptors (Lipinski definition) is 3. The summed E-state index contributed by atoms with van der Waals surface area (Å²) < 4.78 is 6.87. The molecule has 0 N–H and O–H groups in total. The fourth-order valence-electron chi connectivity index (χ4n) is 1.33. The van der Waals surface area contributed by atoms with Gasteiger partial charge in [0.2, 0.25) is 0 Å². The van der Waals surface area contributed by atoms with E-state index in [1.54, 1.807) is 7.11 Å². The van der Waals surface area contributed by atoms with Crippen molar-refractivity contribution < 1.29 is 4.74 Å². The van der Waals surface area contributed by atoms with Gasteiger partial charge in [0.05, 0.1) is 5.69 Å². The highest BCUT2D eigenvalue weighted by atomic mass is 35.5. The van der Waals surface area contributed by atoms with E-state index in [1.165, 1.54) is 0 Å². The van der Waals surface area contributed by atoms with Crippen LogP contribution >= 0.6 is 11.6 Å². The Hall–Kier alpha value is -0.610. The molecule has 1 aromatic heterocycles. The predicted molar refractivity (Wildman–Crippen MR) is 60.2 cm³/mol. The first-order valence-electron chi connectivity index (χ1n) is 5.30. The number of unbranched alkanes of at least 4 members (excludes halogenated alkanes) is 1. The zero-order valence-electron chi connectivity index (χ0n) is 9.15. The summed E-state index contributed by atoms with van der Waals surface area (Å²) in [7, 11) is 1.72. The maximum Gasteiger partial charge on any atom is 0.0827 e. The Kier molecular flexibility index (Phi) is 6.36. The molecule has 0 saturated heterocycles. The lowest BCUT2D eigenvalue weighted by Crippen LogP contribution is -2.00. The van der Waals surface area contributed by atoms with Gasteiger partial charge in [-0.05, 0) is 25.7 Å². The molecule has 0 aliphatic carbocycles. The van der Waals surface area contributed by atoms with Crippen molar-refractivity contribution in [2.24, 2.45) is 0 Å². The van der Waals surface area contributed by atoms with Crippen molar-refractivity contribution in [2.45, 2.75) is 32.2 Å². The van der Waals surface area contributed by atoms with Crippen LogP contribution in [0.2, 0.25) is 0 Å². The molecule has 0 spiro atoms. The molecule has 5 heteroatoms. The highest BCUT2D eigenvalue weighted by Gasteiger charge is 1.99. The van der Waals surface area contributed by atoms with E-state index in [0.717, 1.165) is 44.5 Å². The van der Waals surface area contributed by atoms with Gasteiger partial charge in [0.1, 0.15) is 0 Å². The molecule has 1 heterocycles. The monoisotopic (exact) mass is 231 g/mol. The quantitative estimate of drug-likeness (QED) is 0.507. The first-order valence-corrected chi connectivity index (χ1v) is 5.84. The van der Waals surface area contributed by atoms with E-state index in [-0.39, 0.29) is 0 Å². The van der Waals surface area contributed by atoms with Gasteiger partial charge in [-0.3, -0.25) is 4.68 Å². The zero-order valence-corrected chi connectivity index (χ0v) is 9.91. The lowest BCUT2D eigenvalue weighted by molar-refractivity contribution is 0.191. The molecule has 0 radical (unpaired) electrons. The van der Waals surface area contributed by atoms with Crippen molar-refractivity contribution in [3.8, 4) is 0 Å². The molecule has 0 aromatic carbocycles. The van der Waals surface area contributed by atoms with Crippen LogP contribution in [0.15, 0.2) is 6.20 Å². The summed E-state index contributed by atoms with van der Waals surface area (Å²) in [6.45, 7) is 1.73. The summed E-state index contributed by atoms with van der Waals surface area (Å²) >= 11 is 5.61. The maximum atomic E-state index is 5.61. The number of methoxy groups -OCH3 is 1. The number of halogens is 1. The van der Waals surface area contributed by atoms with E-state index in [0.29, 0.717) is 5.88 Å². The van der Waals surface area contributed by atoms with Crippen LogP contribution in [0.25, 0.3) is 0 Å². The highest BCUT2D eigenvalue weighted by molar-refractivity contribution is 6.17. The first-order chi connectivity index (χ1) is 7.36. The number of alkyl halides is 1. The molecule has 0 fully saturated rings. The normalized spacial score (nSPS) is 10.8. The van der Waals surface area contributed by atoms with Crippen LogP contribution in [0.3, 0.4) is 0 Å². The van der Waals surface area contributed by atoms with Gasteiger partial charge >= 0.3 is 0 Å². The SMILES string of the molecule is COCCCCn1cc(CCCCl)nn1. The minimum atomic E-state index is 0.681. The first kappa shape index (κ1) is 12.5. The van der Waals surface area contributed by atoms with Gasteiger partial charge < -0.3 is 4.74 Å². The molecule has 0 saturated carbocycles. The van der Waals surface area contributed by atoms with Crippen molar-refractivity contribution >= 4 is 11.6 Å². The van der Waals surface area contributed by atoms with E-state index < -0.39 is 0 Å². The Morgan fingerprint density at radius 1 is 1.40 bits per heavy atom. The molecule has 1 aromatic rings. The number of ether oxygens (including phenoxy) is 1. The summed E-state index contributed by atoms with van der Waals surface area (Å²) in [5.74, 6) is 0.681. The van der Waals surface area contributed by atoms with E-state index in [1.807, 2.05) is 10.9 Å². The second-order valence-corrected chi connectivity index (χ2v) is 3.84. The molecule has 0 aliphatic heterocycles. The molecule has 0 unspecified atom stereocenters. The summed E-state index contributed by atoms with van der Waals surface area (Å²) in [6, 6.07) is 0. The van der Waals surface area contributed by atoms with Crippen LogP contribution < -0.4 is 0 Å². The standard InChI is InChI=1S/C10H18ClN3O/c1-15-8-3-2-7-14-9-10(12-13-14)5-4-6-11/h9H,2-8H2,1H3. The van der Waals surface area contributed by atoms with Crippen molar-refractivity contribution in [3.63, 3.8) is 0 Å². The molecule has 0 atom stereocenters. The third-order valence-electron chi connectivity index (χ3n) is 2.14. The molecule has 4 nitrogen and oxygen atoms in total. The molecule has 0 bridgehead atoms. The second kappa shape index (κ2) is 7.65. The van der Waals surface area contributed by atoms with Crippen molar-refractivity contribution in [1.82, 2.24) is 15.0 Å². The minimum absolute atomic E-state index is 0.681. The fourth-order valence-corrected chi connectivity index (χ4v) is 1.46. The lowest BCUT2D eigenvalue weighted by atomic mass is 10.3. The Labute approximate surface area is 95.6 Å². The lowest BCUT2D eigenvalue weighted by Gasteiger charge is -1.99. The summed E-state index contributed by atoms with van der Waals surface area (Å²) in [6.07, 6.45) is 6.02. The number of nitrogens with zero attached hydrogens (tertiary/aromatic N) is 3. The van der Waals surface area contributed by atoms with Crippen molar-refractivity contribution in [2.75, 3.05) is 19.6 Å². The van der Waals surface area contributed by atoms with E-state index in [9.17, 15) is 0 Å². The molecule has 0 amide bonds. The van der Waals surface area contributed by atoms with Gasteiger partial charge in [0.25, 0.3) is 0 Å². The molecule has 1 rings (SSSR count). The third-order valence-corrected chi connectivity index (χ3v) is 2.41. The van der Waals surface area contributed by atoms with Crippen molar-refractivity contribution in [1.29, 1.82) is 0 Å². The van der Waals surface area contributed by atoms with Gasteiger partial charge in [0, 0.05) is 32.3 Å². The van der Waals surface area contributed by atoms with Crippen LogP contribution in [-0.4, -0.2) is 34.6 Å². The highest BCUT2D eigenvalue weighted by Crippen LogP contribution is 2.01. The Bertz CT molecular complexity index is 265. The average molecular weight is 232 g/mol. The third kappa shape index (κ3) is 5.14. The Morgan fingerprint density at radius 2 is 2.27 bits per heavy atom. The number of hydrogen-bond donors (Lipinski definition) is 0. The molecule has 86 valence electrons. The number of rotatable bonds is 8. The van der Waals surface area contributed by atoms with E-state index >= 15 is 0 Å². The second-order valence-electron chi connectivity index (χ2n) is 3.47. The topological polar surface area (TPSA) is 39.9 Å². The van der Waals surface area contributed by atoms with Crippen LogP contribution in [0.1, 0.15) is 25.0 Å². The smallest absolute Gasteiger partial charge is 0.0827 e. The van der Waals surface area contributed by atoms with Crippen LogP contribution in [0.5, 0.6) is 0 Å². The zero-order chi connectivity index (χ0) is 10.9. The largest absolute Gasteiger partial charge is 0.385 e. The molecular weight excluding hydrogens is 214 g/mol. The van der Waals surface area contributed by atoms with Gasteiger partial charge in [-0.2, -0.15) is 0 Å². The van der Waals surface area contributed by atoms with Gasteiger partial charge in [-0.1, -0.05) is 5.21 Å². The Balaban J connectivity index is 2.20. The number of aryl methyl sites for hydroxylation is 2. The van der Waals surface area contributed by atoms with Crippen LogP contribution in [0, 0.1) is 0 Å².